The highest BCUT2D eigenvalue weighted by atomic mass is 28.3. The molecule has 2 heteroatoms. The summed E-state index contributed by atoms with van der Waals surface area (Å²) in [6.07, 6.45) is 9.30. The summed E-state index contributed by atoms with van der Waals surface area (Å²) in [4.78, 5) is 11.8. The summed E-state index contributed by atoms with van der Waals surface area (Å²) in [5.41, 5.74) is 5.09. The quantitative estimate of drug-likeness (QED) is 0.272. The Labute approximate surface area is 139 Å². The second kappa shape index (κ2) is 8.16. The van der Waals surface area contributed by atoms with Crippen LogP contribution in [0.1, 0.15) is 65.7 Å². The van der Waals surface area contributed by atoms with Crippen molar-refractivity contribution >= 4 is 13.9 Å². The van der Waals surface area contributed by atoms with E-state index in [2.05, 4.69) is 58.0 Å². The Bertz CT molecular complexity index is 472. The van der Waals surface area contributed by atoms with Gasteiger partial charge in [-0.2, -0.15) is 0 Å². The van der Waals surface area contributed by atoms with Crippen LogP contribution in [0.15, 0.2) is 11.6 Å². The molecule has 0 unspecified atom stereocenters. The molecule has 0 radical (unpaired) electrons. The molecule has 1 aliphatic carbocycles. The maximum Gasteiger partial charge on any atom is 0.133 e. The van der Waals surface area contributed by atoms with E-state index >= 15 is 0 Å². The van der Waals surface area contributed by atoms with Crippen LogP contribution >= 0.6 is 0 Å². The molecule has 0 aromatic rings. The van der Waals surface area contributed by atoms with E-state index in [-0.39, 0.29) is 5.41 Å². The van der Waals surface area contributed by atoms with Gasteiger partial charge in [0.05, 0.1) is 0 Å². The van der Waals surface area contributed by atoms with Crippen LogP contribution in [-0.2, 0) is 4.79 Å². The topological polar surface area (TPSA) is 17.1 Å². The molecule has 0 saturated heterocycles. The van der Waals surface area contributed by atoms with E-state index in [1.54, 1.807) is 0 Å². The number of carbonyl (C=O) groups is 1. The standard InChI is InChI=1S/C20H34OSi/c1-17(10-8-7-9-15-22(4,5)6)13-14-20(3)16-19(21)12-11-18(20)2/h10,18H,7-8,11-14,16H2,1-6H3/b17-10+/t18-,20-/m1/s1. The van der Waals surface area contributed by atoms with Gasteiger partial charge in [-0.25, -0.2) is 0 Å². The highest BCUT2D eigenvalue weighted by Crippen LogP contribution is 2.43. The fourth-order valence-corrected chi connectivity index (χ4v) is 3.73. The van der Waals surface area contributed by atoms with Gasteiger partial charge in [0.25, 0.3) is 0 Å². The third kappa shape index (κ3) is 6.96. The molecule has 1 nitrogen and oxygen atoms in total. The second-order valence-electron chi connectivity index (χ2n) is 8.45. The Kier molecular flexibility index (Phi) is 7.13. The summed E-state index contributed by atoms with van der Waals surface area (Å²) in [6, 6.07) is 0. The summed E-state index contributed by atoms with van der Waals surface area (Å²) in [5, 5.41) is 0. The minimum Gasteiger partial charge on any atom is -0.300 e. The molecular weight excluding hydrogens is 284 g/mol. The number of ketones is 1. The molecular formula is C20H34OSi. The van der Waals surface area contributed by atoms with Crippen LogP contribution in [0.5, 0.6) is 0 Å². The maximum atomic E-state index is 11.8. The first kappa shape index (κ1) is 19.2. The van der Waals surface area contributed by atoms with Gasteiger partial charge in [-0.05, 0) is 43.9 Å². The number of allylic oxidation sites excluding steroid dienone is 2. The average Bonchev–Trinajstić information content (AvgIpc) is 2.39. The number of carbonyl (C=O) groups excluding carboxylic acids is 1. The third-order valence-electron chi connectivity index (χ3n) is 4.96. The van der Waals surface area contributed by atoms with Crippen LogP contribution in [-0.4, -0.2) is 13.9 Å². The van der Waals surface area contributed by atoms with Crippen molar-refractivity contribution in [3.8, 4) is 11.5 Å². The molecule has 0 N–H and O–H groups in total. The Balaban J connectivity index is 2.41. The molecule has 1 rings (SSSR count). The second-order valence-corrected chi connectivity index (χ2v) is 13.2. The van der Waals surface area contributed by atoms with Crippen molar-refractivity contribution in [1.29, 1.82) is 0 Å². The lowest BCUT2D eigenvalue weighted by molar-refractivity contribution is -0.125. The molecule has 0 spiro atoms. The van der Waals surface area contributed by atoms with Crippen molar-refractivity contribution in [2.45, 2.75) is 85.4 Å². The van der Waals surface area contributed by atoms with Crippen molar-refractivity contribution in [1.82, 2.24) is 0 Å². The zero-order valence-corrected chi connectivity index (χ0v) is 16.5. The van der Waals surface area contributed by atoms with E-state index in [9.17, 15) is 4.79 Å². The van der Waals surface area contributed by atoms with Gasteiger partial charge in [0.2, 0.25) is 0 Å². The maximum absolute atomic E-state index is 11.8. The van der Waals surface area contributed by atoms with Gasteiger partial charge in [-0.1, -0.05) is 45.1 Å². The predicted molar refractivity (Wildman–Crippen MR) is 99.5 cm³/mol. The molecule has 0 amide bonds. The van der Waals surface area contributed by atoms with Gasteiger partial charge in [0, 0.05) is 19.3 Å². The van der Waals surface area contributed by atoms with Crippen LogP contribution in [0, 0.1) is 22.8 Å². The minimum atomic E-state index is -1.21. The summed E-state index contributed by atoms with van der Waals surface area (Å²) in [7, 11) is -1.21. The molecule has 0 aromatic carbocycles. The smallest absolute Gasteiger partial charge is 0.133 e. The van der Waals surface area contributed by atoms with Crippen molar-refractivity contribution in [2.75, 3.05) is 0 Å². The van der Waals surface area contributed by atoms with Gasteiger partial charge < -0.3 is 0 Å². The molecule has 1 fully saturated rings. The van der Waals surface area contributed by atoms with E-state index in [1.807, 2.05) is 0 Å². The number of rotatable bonds is 5. The summed E-state index contributed by atoms with van der Waals surface area (Å²) in [5.74, 6) is 4.46. The fourth-order valence-electron chi connectivity index (χ4n) is 3.08. The van der Waals surface area contributed by atoms with E-state index < -0.39 is 8.07 Å². The SMILES string of the molecule is C/C(=C\CCC#C[Si](C)(C)C)CC[C@]1(C)CC(=O)CC[C@H]1C. The Morgan fingerprint density at radius 1 is 1.41 bits per heavy atom. The summed E-state index contributed by atoms with van der Waals surface area (Å²) < 4.78 is 0. The van der Waals surface area contributed by atoms with E-state index in [0.717, 1.165) is 44.9 Å². The first-order valence-corrected chi connectivity index (χ1v) is 12.3. The van der Waals surface area contributed by atoms with Gasteiger partial charge in [-0.15, -0.1) is 11.5 Å². The van der Waals surface area contributed by atoms with E-state index in [4.69, 9.17) is 0 Å². The molecule has 0 heterocycles. The van der Waals surface area contributed by atoms with Crippen LogP contribution in [0.3, 0.4) is 0 Å². The summed E-state index contributed by atoms with van der Waals surface area (Å²) >= 11 is 0. The zero-order chi connectivity index (χ0) is 16.8. The largest absolute Gasteiger partial charge is 0.300 e. The zero-order valence-electron chi connectivity index (χ0n) is 15.5. The van der Waals surface area contributed by atoms with Gasteiger partial charge in [0.1, 0.15) is 13.9 Å². The Morgan fingerprint density at radius 2 is 2.09 bits per heavy atom. The average molecular weight is 319 g/mol. The first-order valence-electron chi connectivity index (χ1n) is 8.80. The lowest BCUT2D eigenvalue weighted by Crippen LogP contribution is -2.33. The van der Waals surface area contributed by atoms with Gasteiger partial charge in [-0.3, -0.25) is 4.79 Å². The molecule has 0 aromatic heterocycles. The van der Waals surface area contributed by atoms with Gasteiger partial charge >= 0.3 is 0 Å². The Hall–Kier alpha value is -0.813. The minimum absolute atomic E-state index is 0.210. The predicted octanol–water partition coefficient (Wildman–Crippen LogP) is 5.77. The molecule has 0 bridgehead atoms. The molecule has 1 aliphatic rings. The van der Waals surface area contributed by atoms with Crippen LogP contribution < -0.4 is 0 Å². The van der Waals surface area contributed by atoms with Crippen molar-refractivity contribution in [3.05, 3.63) is 11.6 Å². The van der Waals surface area contributed by atoms with E-state index in [0.29, 0.717) is 11.7 Å². The lowest BCUT2D eigenvalue weighted by atomic mass is 9.65. The molecule has 124 valence electrons. The monoisotopic (exact) mass is 318 g/mol. The number of Topliss-reactive ketones (excluding diaryl/α,β-unsaturated/α-hetero) is 1. The molecule has 2 atom stereocenters. The lowest BCUT2D eigenvalue weighted by Gasteiger charge is -2.39. The van der Waals surface area contributed by atoms with Crippen LogP contribution in [0.25, 0.3) is 0 Å². The number of hydrogen-bond acceptors (Lipinski definition) is 1. The Morgan fingerprint density at radius 3 is 2.73 bits per heavy atom. The summed E-state index contributed by atoms with van der Waals surface area (Å²) in [6.45, 7) is 13.7. The van der Waals surface area contributed by atoms with Crippen LogP contribution in [0.4, 0.5) is 0 Å². The van der Waals surface area contributed by atoms with Crippen molar-refractivity contribution < 1.29 is 4.79 Å². The van der Waals surface area contributed by atoms with Gasteiger partial charge in [0.15, 0.2) is 0 Å². The van der Waals surface area contributed by atoms with E-state index in [1.165, 1.54) is 5.57 Å². The highest BCUT2D eigenvalue weighted by molar-refractivity contribution is 6.83. The number of hydrogen-bond donors (Lipinski definition) is 0. The molecule has 0 aliphatic heterocycles. The highest BCUT2D eigenvalue weighted by Gasteiger charge is 2.36. The first-order chi connectivity index (χ1) is 10.1. The molecule has 22 heavy (non-hydrogen) atoms. The molecule has 1 saturated carbocycles. The van der Waals surface area contributed by atoms with Crippen molar-refractivity contribution in [3.63, 3.8) is 0 Å². The van der Waals surface area contributed by atoms with Crippen LogP contribution in [0.2, 0.25) is 19.6 Å². The third-order valence-corrected chi connectivity index (χ3v) is 5.89. The fraction of sp³-hybridized carbons (Fsp3) is 0.750. The number of unbranched alkanes of at least 4 members (excludes halogenated alkanes) is 1. The van der Waals surface area contributed by atoms with Crippen molar-refractivity contribution in [2.24, 2.45) is 11.3 Å². The normalized spacial score (nSPS) is 26.5.